The zero-order chi connectivity index (χ0) is 14.5. The summed E-state index contributed by atoms with van der Waals surface area (Å²) in [4.78, 5) is 14.8. The SMILES string of the molecule is CC(C)(C)NCC(O)COc1ncccc1C(=O)O. The molecule has 1 heterocycles. The molecule has 0 aliphatic heterocycles. The minimum atomic E-state index is -1.11. The highest BCUT2D eigenvalue weighted by atomic mass is 16.5. The van der Waals surface area contributed by atoms with Gasteiger partial charge in [0.2, 0.25) is 5.88 Å². The number of carboxylic acid groups (broad SMARTS) is 1. The second kappa shape index (κ2) is 6.49. The number of nitrogens with zero attached hydrogens (tertiary/aromatic N) is 1. The van der Waals surface area contributed by atoms with Crippen molar-refractivity contribution in [1.82, 2.24) is 10.3 Å². The molecule has 1 atom stereocenters. The van der Waals surface area contributed by atoms with Gasteiger partial charge in [-0.05, 0) is 32.9 Å². The molecule has 6 nitrogen and oxygen atoms in total. The molecule has 1 aromatic heterocycles. The third-order valence-corrected chi connectivity index (χ3v) is 2.28. The van der Waals surface area contributed by atoms with Gasteiger partial charge in [0.1, 0.15) is 18.3 Å². The highest BCUT2D eigenvalue weighted by Gasteiger charge is 2.15. The van der Waals surface area contributed by atoms with Crippen LogP contribution >= 0.6 is 0 Å². The van der Waals surface area contributed by atoms with Crippen molar-refractivity contribution in [2.24, 2.45) is 0 Å². The van der Waals surface area contributed by atoms with Crippen LogP contribution in [0.4, 0.5) is 0 Å². The van der Waals surface area contributed by atoms with Crippen LogP contribution in [0, 0.1) is 0 Å². The standard InChI is InChI=1S/C13H20N2O4/c1-13(2,3)15-7-9(16)8-19-11-10(12(17)18)5-4-6-14-11/h4-6,9,15-16H,7-8H2,1-3H3,(H,17,18). The lowest BCUT2D eigenvalue weighted by molar-refractivity contribution is 0.0678. The van der Waals surface area contributed by atoms with E-state index in [-0.39, 0.29) is 23.6 Å². The molecule has 19 heavy (non-hydrogen) atoms. The van der Waals surface area contributed by atoms with Crippen molar-refractivity contribution in [1.29, 1.82) is 0 Å². The van der Waals surface area contributed by atoms with Crippen LogP contribution < -0.4 is 10.1 Å². The Kier molecular flexibility index (Phi) is 5.26. The first-order chi connectivity index (χ1) is 8.79. The number of hydrogen-bond donors (Lipinski definition) is 3. The molecular weight excluding hydrogens is 248 g/mol. The van der Waals surface area contributed by atoms with E-state index < -0.39 is 12.1 Å². The Hall–Kier alpha value is -1.66. The molecule has 0 fully saturated rings. The molecule has 1 rings (SSSR count). The van der Waals surface area contributed by atoms with Crippen molar-refractivity contribution in [2.45, 2.75) is 32.4 Å². The third kappa shape index (κ3) is 5.67. The number of rotatable bonds is 6. The number of ether oxygens (including phenoxy) is 1. The molecule has 106 valence electrons. The highest BCUT2D eigenvalue weighted by molar-refractivity contribution is 5.90. The molecule has 0 saturated carbocycles. The normalized spacial score (nSPS) is 13.1. The molecule has 0 radical (unpaired) electrons. The average molecular weight is 268 g/mol. The number of carboxylic acids is 1. The van der Waals surface area contributed by atoms with Gasteiger partial charge < -0.3 is 20.3 Å². The third-order valence-electron chi connectivity index (χ3n) is 2.28. The van der Waals surface area contributed by atoms with Crippen molar-refractivity contribution in [2.75, 3.05) is 13.2 Å². The summed E-state index contributed by atoms with van der Waals surface area (Å²) >= 11 is 0. The molecule has 0 aromatic carbocycles. The van der Waals surface area contributed by atoms with Crippen LogP contribution in [0.15, 0.2) is 18.3 Å². The van der Waals surface area contributed by atoms with Gasteiger partial charge in [0, 0.05) is 18.3 Å². The van der Waals surface area contributed by atoms with E-state index in [2.05, 4.69) is 10.3 Å². The summed E-state index contributed by atoms with van der Waals surface area (Å²) in [6, 6.07) is 2.93. The molecule has 0 saturated heterocycles. The van der Waals surface area contributed by atoms with Gasteiger partial charge in [0.05, 0.1) is 0 Å². The molecule has 0 amide bonds. The number of pyridine rings is 1. The van der Waals surface area contributed by atoms with Crippen LogP contribution in [0.1, 0.15) is 31.1 Å². The number of aliphatic hydroxyl groups excluding tert-OH is 1. The maximum Gasteiger partial charge on any atom is 0.341 e. The highest BCUT2D eigenvalue weighted by Crippen LogP contribution is 2.14. The largest absolute Gasteiger partial charge is 0.477 e. The Morgan fingerprint density at radius 1 is 1.53 bits per heavy atom. The van der Waals surface area contributed by atoms with Gasteiger partial charge in [-0.2, -0.15) is 0 Å². The summed E-state index contributed by atoms with van der Waals surface area (Å²) in [6.07, 6.45) is 0.713. The predicted octanol–water partition coefficient (Wildman–Crippen LogP) is 0.908. The maximum atomic E-state index is 10.9. The summed E-state index contributed by atoms with van der Waals surface area (Å²) in [5, 5.41) is 21.8. The van der Waals surface area contributed by atoms with Crippen molar-refractivity contribution in [3.8, 4) is 5.88 Å². The number of aromatic carboxylic acids is 1. The van der Waals surface area contributed by atoms with Crippen LogP contribution in [-0.4, -0.2) is 46.0 Å². The summed E-state index contributed by atoms with van der Waals surface area (Å²) < 4.78 is 5.24. The number of hydrogen-bond acceptors (Lipinski definition) is 5. The zero-order valence-corrected chi connectivity index (χ0v) is 11.4. The Labute approximate surface area is 112 Å². The first-order valence-corrected chi connectivity index (χ1v) is 6.04. The van der Waals surface area contributed by atoms with E-state index in [0.29, 0.717) is 6.54 Å². The number of aromatic nitrogens is 1. The van der Waals surface area contributed by atoms with E-state index in [9.17, 15) is 9.90 Å². The monoisotopic (exact) mass is 268 g/mol. The molecule has 0 aliphatic carbocycles. The van der Waals surface area contributed by atoms with Gasteiger partial charge in [-0.1, -0.05) is 0 Å². The van der Waals surface area contributed by atoms with Crippen molar-refractivity contribution in [3.05, 3.63) is 23.9 Å². The number of carbonyl (C=O) groups is 1. The fourth-order valence-electron chi connectivity index (χ4n) is 1.33. The maximum absolute atomic E-state index is 10.9. The summed E-state index contributed by atoms with van der Waals surface area (Å²) in [5.74, 6) is -1.09. The smallest absolute Gasteiger partial charge is 0.341 e. The van der Waals surface area contributed by atoms with Crippen molar-refractivity contribution < 1.29 is 19.7 Å². The Balaban J connectivity index is 2.51. The molecule has 0 aliphatic rings. The second-order valence-electron chi connectivity index (χ2n) is 5.26. The summed E-state index contributed by atoms with van der Waals surface area (Å²) in [5.41, 5.74) is -0.114. The quantitative estimate of drug-likeness (QED) is 0.710. The fraction of sp³-hybridized carbons (Fsp3) is 0.538. The first kappa shape index (κ1) is 15.4. The lowest BCUT2D eigenvalue weighted by Gasteiger charge is -2.22. The average Bonchev–Trinajstić information content (AvgIpc) is 2.33. The summed E-state index contributed by atoms with van der Waals surface area (Å²) in [7, 11) is 0. The van der Waals surface area contributed by atoms with Crippen molar-refractivity contribution in [3.63, 3.8) is 0 Å². The molecule has 0 bridgehead atoms. The minimum absolute atomic E-state index is 0.0135. The van der Waals surface area contributed by atoms with Gasteiger partial charge in [0.25, 0.3) is 0 Å². The number of β-amino-alcohol motifs (C(OH)–C–C–N with tert-alkyl or cyclic N) is 1. The number of nitrogens with one attached hydrogen (secondary N) is 1. The fourth-order valence-corrected chi connectivity index (χ4v) is 1.33. The molecule has 3 N–H and O–H groups in total. The van der Waals surface area contributed by atoms with E-state index in [0.717, 1.165) is 0 Å². The number of aliphatic hydroxyl groups is 1. The topological polar surface area (TPSA) is 91.7 Å². The van der Waals surface area contributed by atoms with Crippen molar-refractivity contribution >= 4 is 5.97 Å². The molecule has 1 aromatic rings. The minimum Gasteiger partial charge on any atom is -0.477 e. The first-order valence-electron chi connectivity index (χ1n) is 6.04. The predicted molar refractivity (Wildman–Crippen MR) is 70.5 cm³/mol. The molecule has 1 unspecified atom stereocenters. The van der Waals surface area contributed by atoms with Gasteiger partial charge in [0.15, 0.2) is 0 Å². The summed E-state index contributed by atoms with van der Waals surface area (Å²) in [6.45, 7) is 6.31. The Morgan fingerprint density at radius 3 is 2.79 bits per heavy atom. The molecular formula is C13H20N2O4. The van der Waals surface area contributed by atoms with E-state index in [1.165, 1.54) is 18.3 Å². The van der Waals surface area contributed by atoms with Crippen LogP contribution in [0.3, 0.4) is 0 Å². The van der Waals surface area contributed by atoms with E-state index in [4.69, 9.17) is 9.84 Å². The zero-order valence-electron chi connectivity index (χ0n) is 11.4. The Morgan fingerprint density at radius 2 is 2.21 bits per heavy atom. The van der Waals surface area contributed by atoms with Gasteiger partial charge in [-0.3, -0.25) is 0 Å². The Bertz CT molecular complexity index is 429. The lowest BCUT2D eigenvalue weighted by Crippen LogP contribution is -2.42. The van der Waals surface area contributed by atoms with Gasteiger partial charge >= 0.3 is 5.97 Å². The van der Waals surface area contributed by atoms with Crippen LogP contribution in [0.25, 0.3) is 0 Å². The van der Waals surface area contributed by atoms with Gasteiger partial charge in [-0.15, -0.1) is 0 Å². The molecule has 6 heteroatoms. The van der Waals surface area contributed by atoms with Crippen LogP contribution in [0.5, 0.6) is 5.88 Å². The van der Waals surface area contributed by atoms with Crippen LogP contribution in [-0.2, 0) is 0 Å². The van der Waals surface area contributed by atoms with Gasteiger partial charge in [-0.25, -0.2) is 9.78 Å². The lowest BCUT2D eigenvalue weighted by atomic mass is 10.1. The van der Waals surface area contributed by atoms with Crippen LogP contribution in [0.2, 0.25) is 0 Å². The second-order valence-corrected chi connectivity index (χ2v) is 5.26. The van der Waals surface area contributed by atoms with E-state index >= 15 is 0 Å². The van der Waals surface area contributed by atoms with E-state index in [1.54, 1.807) is 0 Å². The molecule has 0 spiro atoms. The van der Waals surface area contributed by atoms with E-state index in [1.807, 2.05) is 20.8 Å².